The van der Waals surface area contributed by atoms with E-state index in [0.717, 1.165) is 37.3 Å². The zero-order valence-corrected chi connectivity index (χ0v) is 25.1. The molecule has 1 N–H and O–H groups in total. The zero-order chi connectivity index (χ0) is 33.0. The molecule has 3 aromatic carbocycles. The van der Waals surface area contributed by atoms with Crippen molar-refractivity contribution in [1.82, 2.24) is 14.8 Å². The van der Waals surface area contributed by atoms with Crippen molar-refractivity contribution in [1.29, 1.82) is 0 Å². The second kappa shape index (κ2) is 11.4. The molecule has 0 saturated heterocycles. The molecule has 0 bridgehead atoms. The van der Waals surface area contributed by atoms with E-state index >= 15 is 4.39 Å². The Balaban J connectivity index is 1.56. The first-order chi connectivity index (χ1) is 21.8. The number of oxazole rings is 1. The lowest BCUT2D eigenvalue weighted by atomic mass is 9.97. The summed E-state index contributed by atoms with van der Waals surface area (Å²) in [5.41, 5.74) is 2.74. The normalized spacial score (nSPS) is 13.5. The van der Waals surface area contributed by atoms with Crippen LogP contribution in [0.5, 0.6) is 5.75 Å². The number of aliphatic hydroxyl groups excluding tert-OH is 1. The molecular formula is C32H24F4N4O5S. The minimum absolute atomic E-state index is 0.163. The van der Waals surface area contributed by atoms with E-state index < -0.39 is 34.4 Å². The predicted molar refractivity (Wildman–Crippen MR) is 159 cm³/mol. The van der Waals surface area contributed by atoms with Gasteiger partial charge < -0.3 is 14.3 Å². The van der Waals surface area contributed by atoms with E-state index in [4.69, 9.17) is 16.1 Å². The van der Waals surface area contributed by atoms with Gasteiger partial charge in [-0.1, -0.05) is 6.07 Å². The summed E-state index contributed by atoms with van der Waals surface area (Å²) in [5, 5.41) is 14.4. The van der Waals surface area contributed by atoms with Crippen LogP contribution in [0.15, 0.2) is 70.1 Å². The number of alkyl halides is 3. The number of aryl methyl sites for hydroxylation is 1. The van der Waals surface area contributed by atoms with Gasteiger partial charge in [-0.25, -0.2) is 22.6 Å². The van der Waals surface area contributed by atoms with Crippen LogP contribution in [0.25, 0.3) is 44.2 Å². The molecule has 5 aromatic rings. The molecule has 0 spiro atoms. The Morgan fingerprint density at radius 1 is 1.09 bits per heavy atom. The van der Waals surface area contributed by atoms with Gasteiger partial charge in [-0.3, -0.25) is 4.68 Å². The number of aliphatic hydroxyl groups is 1. The molecule has 2 heterocycles. The Bertz CT molecular complexity index is 2130. The standard InChI is InChI=1S/C32H24F4N4O5S/c1-17-38-30(19-6-9-22(10-7-19)45-32(34,35)36)31(44-17)23-12-20(21-13-25(33)24(16-41)28(14-21)46(3,42)43)8-11-27(23)40-15-26(37-2)29(39-40)18-4-5-18/h6-15,18,41H,4-5,16H2,1,3H3. The van der Waals surface area contributed by atoms with E-state index in [9.17, 15) is 26.7 Å². The average Bonchev–Trinajstić information content (AvgIpc) is 3.63. The fourth-order valence-corrected chi connectivity index (χ4v) is 6.17. The molecule has 46 heavy (non-hydrogen) atoms. The Morgan fingerprint density at radius 2 is 1.78 bits per heavy atom. The average molecular weight is 653 g/mol. The van der Waals surface area contributed by atoms with E-state index in [1.54, 1.807) is 31.3 Å². The van der Waals surface area contributed by atoms with E-state index in [-0.39, 0.29) is 39.3 Å². The Labute approximate surface area is 260 Å². The predicted octanol–water partition coefficient (Wildman–Crippen LogP) is 7.53. The number of hydrogen-bond acceptors (Lipinski definition) is 7. The smallest absolute Gasteiger partial charge is 0.440 e. The summed E-state index contributed by atoms with van der Waals surface area (Å²) in [6.07, 6.45) is -0.557. The molecule has 0 aliphatic heterocycles. The number of sulfone groups is 1. The minimum Gasteiger partial charge on any atom is -0.440 e. The first-order valence-electron chi connectivity index (χ1n) is 13.8. The van der Waals surface area contributed by atoms with Gasteiger partial charge in [0.15, 0.2) is 21.5 Å². The van der Waals surface area contributed by atoms with Gasteiger partial charge in [0.05, 0.1) is 29.5 Å². The molecule has 9 nitrogen and oxygen atoms in total. The Hall–Kier alpha value is -5.00. The summed E-state index contributed by atoms with van der Waals surface area (Å²) in [7, 11) is -3.93. The van der Waals surface area contributed by atoms with Crippen molar-refractivity contribution in [2.24, 2.45) is 0 Å². The third kappa shape index (κ3) is 6.11. The van der Waals surface area contributed by atoms with E-state index in [1.165, 1.54) is 22.9 Å². The van der Waals surface area contributed by atoms with Gasteiger partial charge >= 0.3 is 6.36 Å². The second-order valence-corrected chi connectivity index (χ2v) is 12.8. The summed E-state index contributed by atoms with van der Waals surface area (Å²) in [6.45, 7) is 8.42. The van der Waals surface area contributed by atoms with Crippen LogP contribution in [0, 0.1) is 19.3 Å². The van der Waals surface area contributed by atoms with Gasteiger partial charge in [-0.15, -0.1) is 13.2 Å². The highest BCUT2D eigenvalue weighted by Crippen LogP contribution is 2.45. The van der Waals surface area contributed by atoms with Crippen molar-refractivity contribution in [3.63, 3.8) is 0 Å². The van der Waals surface area contributed by atoms with Gasteiger partial charge in [0.1, 0.15) is 17.3 Å². The number of halogens is 4. The summed E-state index contributed by atoms with van der Waals surface area (Å²) in [5.74, 6) is -0.744. The molecule has 2 aromatic heterocycles. The second-order valence-electron chi connectivity index (χ2n) is 10.8. The SMILES string of the molecule is [C-]#[N+]c1cn(-c2ccc(-c3cc(F)c(CO)c(S(C)(=O)=O)c3)cc2-c2oc(C)nc2-c2ccc(OC(F)(F)F)cc2)nc1C1CC1. The maximum atomic E-state index is 15.1. The molecule has 0 unspecified atom stereocenters. The molecular weight excluding hydrogens is 628 g/mol. The van der Waals surface area contributed by atoms with Crippen LogP contribution in [-0.2, 0) is 16.4 Å². The largest absolute Gasteiger partial charge is 0.573 e. The summed E-state index contributed by atoms with van der Waals surface area (Å²) < 4.78 is 90.0. The summed E-state index contributed by atoms with van der Waals surface area (Å²) >= 11 is 0. The van der Waals surface area contributed by atoms with Gasteiger partial charge in [0.25, 0.3) is 0 Å². The fraction of sp³-hybridized carbons (Fsp3) is 0.219. The number of aromatic nitrogens is 3. The first-order valence-corrected chi connectivity index (χ1v) is 15.7. The van der Waals surface area contributed by atoms with Crippen molar-refractivity contribution < 1.29 is 40.2 Å². The van der Waals surface area contributed by atoms with Crippen molar-refractivity contribution in [2.45, 2.75) is 43.5 Å². The van der Waals surface area contributed by atoms with Crippen LogP contribution >= 0.6 is 0 Å². The lowest BCUT2D eigenvalue weighted by Gasteiger charge is -2.14. The number of benzene rings is 3. The highest BCUT2D eigenvalue weighted by atomic mass is 32.2. The van der Waals surface area contributed by atoms with Crippen LogP contribution in [0.2, 0.25) is 0 Å². The molecule has 0 atom stereocenters. The molecule has 6 rings (SSSR count). The van der Waals surface area contributed by atoms with Gasteiger partial charge in [-0.05, 0) is 78.4 Å². The minimum atomic E-state index is -4.87. The molecule has 14 heteroatoms. The maximum Gasteiger partial charge on any atom is 0.573 e. The quantitative estimate of drug-likeness (QED) is 0.136. The lowest BCUT2D eigenvalue weighted by molar-refractivity contribution is -0.274. The van der Waals surface area contributed by atoms with E-state index in [1.807, 2.05) is 0 Å². The van der Waals surface area contributed by atoms with E-state index in [0.29, 0.717) is 33.8 Å². The van der Waals surface area contributed by atoms with E-state index in [2.05, 4.69) is 14.6 Å². The molecule has 0 amide bonds. The Kier molecular flexibility index (Phi) is 7.69. The Morgan fingerprint density at radius 3 is 2.39 bits per heavy atom. The first kappa shape index (κ1) is 31.0. The van der Waals surface area contributed by atoms with Crippen molar-refractivity contribution in [3.05, 3.63) is 95.2 Å². The van der Waals surface area contributed by atoms with Crippen LogP contribution < -0.4 is 4.74 Å². The number of ether oxygens (including phenoxy) is 1. The molecule has 236 valence electrons. The molecule has 1 aliphatic carbocycles. The summed E-state index contributed by atoms with van der Waals surface area (Å²) in [4.78, 5) is 7.75. The highest BCUT2D eigenvalue weighted by Gasteiger charge is 2.32. The molecule has 0 radical (unpaired) electrons. The monoisotopic (exact) mass is 652 g/mol. The van der Waals surface area contributed by atoms with Crippen molar-refractivity contribution >= 4 is 15.5 Å². The van der Waals surface area contributed by atoms with Crippen LogP contribution in [0.3, 0.4) is 0 Å². The van der Waals surface area contributed by atoms with Crippen LogP contribution in [-0.4, -0.2) is 40.9 Å². The van der Waals surface area contributed by atoms with Crippen LogP contribution in [0.1, 0.15) is 35.9 Å². The zero-order valence-electron chi connectivity index (χ0n) is 24.3. The topological polar surface area (TPSA) is 112 Å². The highest BCUT2D eigenvalue weighted by molar-refractivity contribution is 7.90. The van der Waals surface area contributed by atoms with Crippen molar-refractivity contribution in [2.75, 3.05) is 6.26 Å². The lowest BCUT2D eigenvalue weighted by Crippen LogP contribution is -2.16. The maximum absolute atomic E-state index is 15.1. The molecule has 1 fully saturated rings. The van der Waals surface area contributed by atoms with Gasteiger partial charge in [-0.2, -0.15) is 5.10 Å². The van der Waals surface area contributed by atoms with Crippen LogP contribution in [0.4, 0.5) is 23.2 Å². The summed E-state index contributed by atoms with van der Waals surface area (Å²) in [6, 6.07) is 12.4. The van der Waals surface area contributed by atoms with Gasteiger partial charge in [0, 0.05) is 36.1 Å². The number of nitrogens with zero attached hydrogens (tertiary/aromatic N) is 4. The third-order valence-electron chi connectivity index (χ3n) is 7.44. The fourth-order valence-electron chi connectivity index (χ4n) is 5.21. The van der Waals surface area contributed by atoms with Gasteiger partial charge in [0.2, 0.25) is 5.69 Å². The molecule has 1 saturated carbocycles. The number of hydrogen-bond donors (Lipinski definition) is 1. The van der Waals surface area contributed by atoms with Crippen molar-refractivity contribution in [3.8, 4) is 45.1 Å². The third-order valence-corrected chi connectivity index (χ3v) is 8.60. The number of rotatable bonds is 8. The molecule has 1 aliphatic rings.